The molecule has 1 aromatic rings. The highest BCUT2D eigenvalue weighted by Gasteiger charge is 2.41. The Labute approximate surface area is 126 Å². The summed E-state index contributed by atoms with van der Waals surface area (Å²) in [5.41, 5.74) is 0.748. The van der Waals surface area contributed by atoms with Crippen LogP contribution in [0.2, 0.25) is 0 Å². The molecule has 114 valence electrons. The first-order valence-electron chi connectivity index (χ1n) is 7.41. The summed E-state index contributed by atoms with van der Waals surface area (Å²) in [6.07, 6.45) is 3.31. The van der Waals surface area contributed by atoms with Crippen LogP contribution in [0.3, 0.4) is 0 Å². The van der Waals surface area contributed by atoms with Gasteiger partial charge in [-0.3, -0.25) is 15.0 Å². The van der Waals surface area contributed by atoms with Crippen LogP contribution in [-0.4, -0.2) is 43.2 Å². The molecule has 1 heterocycles. The number of piperidine rings is 1. The number of ether oxygens (including phenoxy) is 1. The summed E-state index contributed by atoms with van der Waals surface area (Å²) in [7, 11) is 1.45. The molecule has 0 atom stereocenters. The highest BCUT2D eigenvalue weighted by atomic mass is 16.5. The molecule has 0 saturated carbocycles. The highest BCUT2D eigenvalue weighted by Crippen LogP contribution is 2.25. The number of benzene rings is 1. The van der Waals surface area contributed by atoms with Gasteiger partial charge in [0.15, 0.2) is 0 Å². The van der Waals surface area contributed by atoms with Gasteiger partial charge in [-0.25, -0.2) is 0 Å². The summed E-state index contributed by atoms with van der Waals surface area (Å²) < 4.78 is 4.99. The molecule has 0 aliphatic carbocycles. The van der Waals surface area contributed by atoms with E-state index in [2.05, 4.69) is 41.1 Å². The van der Waals surface area contributed by atoms with Crippen LogP contribution in [0.15, 0.2) is 43.0 Å². The number of esters is 1. The van der Waals surface area contributed by atoms with Crippen molar-refractivity contribution in [1.82, 2.24) is 10.2 Å². The molecule has 0 spiro atoms. The van der Waals surface area contributed by atoms with Crippen molar-refractivity contribution in [2.45, 2.75) is 24.9 Å². The zero-order valence-electron chi connectivity index (χ0n) is 12.7. The molecule has 4 heteroatoms. The highest BCUT2D eigenvalue weighted by molar-refractivity contribution is 5.81. The van der Waals surface area contributed by atoms with Crippen LogP contribution < -0.4 is 5.32 Å². The average molecular weight is 288 g/mol. The second-order valence-corrected chi connectivity index (χ2v) is 5.51. The second-order valence-electron chi connectivity index (χ2n) is 5.51. The molecule has 1 N–H and O–H groups in total. The first kappa shape index (κ1) is 15.7. The largest absolute Gasteiger partial charge is 0.468 e. The van der Waals surface area contributed by atoms with E-state index in [0.717, 1.165) is 32.5 Å². The van der Waals surface area contributed by atoms with Crippen LogP contribution in [-0.2, 0) is 16.1 Å². The number of nitrogens with zero attached hydrogens (tertiary/aromatic N) is 1. The lowest BCUT2D eigenvalue weighted by Crippen LogP contribution is -2.58. The number of likely N-dealkylation sites (tertiary alicyclic amines) is 1. The van der Waals surface area contributed by atoms with Gasteiger partial charge in [0.05, 0.1) is 7.11 Å². The van der Waals surface area contributed by atoms with Gasteiger partial charge in [0, 0.05) is 26.2 Å². The van der Waals surface area contributed by atoms with E-state index < -0.39 is 5.54 Å². The van der Waals surface area contributed by atoms with E-state index >= 15 is 0 Å². The molecule has 0 aromatic heterocycles. The Bertz CT molecular complexity index is 465. The monoisotopic (exact) mass is 288 g/mol. The minimum absolute atomic E-state index is 0.163. The van der Waals surface area contributed by atoms with Gasteiger partial charge < -0.3 is 4.74 Å². The maximum absolute atomic E-state index is 12.1. The second kappa shape index (κ2) is 7.38. The number of carbonyl (C=O) groups excluding carboxylic acids is 1. The number of hydrogen-bond acceptors (Lipinski definition) is 4. The molecular formula is C17H24N2O2. The Balaban J connectivity index is 1.95. The summed E-state index contributed by atoms with van der Waals surface area (Å²) in [5.74, 6) is -0.163. The van der Waals surface area contributed by atoms with Gasteiger partial charge in [-0.05, 0) is 18.4 Å². The Morgan fingerprint density at radius 3 is 2.62 bits per heavy atom. The Kier molecular flexibility index (Phi) is 5.53. The van der Waals surface area contributed by atoms with Crippen molar-refractivity contribution in [3.8, 4) is 0 Å². The van der Waals surface area contributed by atoms with Crippen LogP contribution in [0, 0.1) is 0 Å². The summed E-state index contributed by atoms with van der Waals surface area (Å²) in [6.45, 7) is 7.02. The van der Waals surface area contributed by atoms with Crippen LogP contribution in [0.1, 0.15) is 18.4 Å². The van der Waals surface area contributed by atoms with E-state index in [-0.39, 0.29) is 5.97 Å². The van der Waals surface area contributed by atoms with Gasteiger partial charge in [0.2, 0.25) is 0 Å². The number of methoxy groups -OCH3 is 1. The third-order valence-corrected chi connectivity index (χ3v) is 4.12. The predicted octanol–water partition coefficient (Wildman–Crippen LogP) is 1.97. The zero-order valence-corrected chi connectivity index (χ0v) is 12.7. The third-order valence-electron chi connectivity index (χ3n) is 4.12. The standard InChI is InChI=1S/C17H24N2O2/c1-3-11-18-17(16(20)21-2)9-12-19(13-10-17)14-15-7-5-4-6-8-15/h3-8,18H,1,9-14H2,2H3. The number of nitrogens with one attached hydrogen (secondary N) is 1. The normalized spacial score (nSPS) is 18.1. The maximum Gasteiger partial charge on any atom is 0.326 e. The van der Waals surface area contributed by atoms with E-state index in [9.17, 15) is 4.79 Å². The molecule has 0 unspecified atom stereocenters. The van der Waals surface area contributed by atoms with Crippen LogP contribution in [0.25, 0.3) is 0 Å². The molecule has 0 amide bonds. The summed E-state index contributed by atoms with van der Waals surface area (Å²) in [5, 5.41) is 3.30. The molecule has 1 fully saturated rings. The molecule has 1 saturated heterocycles. The molecule has 21 heavy (non-hydrogen) atoms. The minimum Gasteiger partial charge on any atom is -0.468 e. The van der Waals surface area contributed by atoms with Gasteiger partial charge in [0.25, 0.3) is 0 Å². The van der Waals surface area contributed by atoms with Crippen LogP contribution in [0.5, 0.6) is 0 Å². The Morgan fingerprint density at radius 2 is 2.05 bits per heavy atom. The molecule has 1 aliphatic heterocycles. The molecule has 4 nitrogen and oxygen atoms in total. The fourth-order valence-corrected chi connectivity index (χ4v) is 2.85. The van der Waals surface area contributed by atoms with Gasteiger partial charge in [-0.2, -0.15) is 0 Å². The molecular weight excluding hydrogens is 264 g/mol. The van der Waals surface area contributed by atoms with Gasteiger partial charge >= 0.3 is 5.97 Å². The van der Waals surface area contributed by atoms with E-state index in [1.54, 1.807) is 6.08 Å². The predicted molar refractivity (Wildman–Crippen MR) is 83.9 cm³/mol. The topological polar surface area (TPSA) is 41.6 Å². The lowest BCUT2D eigenvalue weighted by Gasteiger charge is -2.40. The Morgan fingerprint density at radius 1 is 1.38 bits per heavy atom. The number of rotatable bonds is 6. The molecule has 1 aliphatic rings. The van der Waals surface area contributed by atoms with Crippen LogP contribution >= 0.6 is 0 Å². The van der Waals surface area contributed by atoms with Gasteiger partial charge in [0.1, 0.15) is 5.54 Å². The molecule has 0 radical (unpaired) electrons. The third kappa shape index (κ3) is 3.93. The van der Waals surface area contributed by atoms with E-state index in [1.807, 2.05) is 6.07 Å². The van der Waals surface area contributed by atoms with E-state index in [4.69, 9.17) is 4.74 Å². The van der Waals surface area contributed by atoms with Gasteiger partial charge in [-0.1, -0.05) is 36.4 Å². The van der Waals surface area contributed by atoms with Gasteiger partial charge in [-0.15, -0.1) is 6.58 Å². The van der Waals surface area contributed by atoms with E-state index in [1.165, 1.54) is 12.7 Å². The zero-order chi connectivity index (χ0) is 15.1. The van der Waals surface area contributed by atoms with Crippen molar-refractivity contribution in [3.63, 3.8) is 0 Å². The van der Waals surface area contributed by atoms with Crippen molar-refractivity contribution < 1.29 is 9.53 Å². The van der Waals surface area contributed by atoms with Crippen molar-refractivity contribution in [3.05, 3.63) is 48.6 Å². The lowest BCUT2D eigenvalue weighted by atomic mass is 9.87. The fourth-order valence-electron chi connectivity index (χ4n) is 2.85. The molecule has 1 aromatic carbocycles. The van der Waals surface area contributed by atoms with Crippen molar-refractivity contribution in [2.24, 2.45) is 0 Å². The lowest BCUT2D eigenvalue weighted by molar-refractivity contribution is -0.150. The molecule has 0 bridgehead atoms. The van der Waals surface area contributed by atoms with E-state index in [0.29, 0.717) is 6.54 Å². The van der Waals surface area contributed by atoms with Crippen molar-refractivity contribution in [2.75, 3.05) is 26.7 Å². The summed E-state index contributed by atoms with van der Waals surface area (Å²) >= 11 is 0. The van der Waals surface area contributed by atoms with Crippen molar-refractivity contribution >= 4 is 5.97 Å². The summed E-state index contributed by atoms with van der Waals surface area (Å²) in [4.78, 5) is 14.5. The SMILES string of the molecule is C=CCNC1(C(=O)OC)CCN(Cc2ccccc2)CC1. The maximum atomic E-state index is 12.1. The van der Waals surface area contributed by atoms with Crippen molar-refractivity contribution in [1.29, 1.82) is 0 Å². The fraction of sp³-hybridized carbons (Fsp3) is 0.471. The average Bonchev–Trinajstić information content (AvgIpc) is 2.54. The first-order chi connectivity index (χ1) is 10.2. The Hall–Kier alpha value is -1.65. The number of carbonyl (C=O) groups is 1. The quantitative estimate of drug-likeness (QED) is 0.642. The van der Waals surface area contributed by atoms with Crippen LogP contribution in [0.4, 0.5) is 0 Å². The molecule has 2 rings (SSSR count). The smallest absolute Gasteiger partial charge is 0.326 e. The minimum atomic E-state index is -0.559. The first-order valence-corrected chi connectivity index (χ1v) is 7.41. The number of hydrogen-bond donors (Lipinski definition) is 1. The summed E-state index contributed by atoms with van der Waals surface area (Å²) in [6, 6.07) is 10.4.